The zero-order valence-electron chi connectivity index (χ0n) is 20.9. The molecule has 36 heavy (non-hydrogen) atoms. The Morgan fingerprint density at radius 3 is 2.33 bits per heavy atom. The van der Waals surface area contributed by atoms with Gasteiger partial charge in [0, 0.05) is 18.7 Å². The molecule has 0 fully saturated rings. The minimum atomic E-state index is -3.88. The van der Waals surface area contributed by atoms with Gasteiger partial charge in [-0.25, -0.2) is 12.8 Å². The Bertz CT molecular complexity index is 1190. The summed E-state index contributed by atoms with van der Waals surface area (Å²) in [6, 6.07) is 9.24. The molecule has 1 N–H and O–H groups in total. The van der Waals surface area contributed by atoms with Crippen molar-refractivity contribution < 1.29 is 31.9 Å². The van der Waals surface area contributed by atoms with E-state index in [1.54, 1.807) is 13.0 Å². The maximum absolute atomic E-state index is 13.6. The lowest BCUT2D eigenvalue weighted by Crippen LogP contribution is -2.53. The molecule has 0 saturated heterocycles. The summed E-state index contributed by atoms with van der Waals surface area (Å²) >= 11 is 0. The number of benzene rings is 2. The molecule has 0 unspecified atom stereocenters. The van der Waals surface area contributed by atoms with Crippen LogP contribution in [0.2, 0.25) is 0 Å². The van der Waals surface area contributed by atoms with Gasteiger partial charge in [-0.15, -0.1) is 0 Å². The van der Waals surface area contributed by atoms with Crippen LogP contribution in [0.15, 0.2) is 42.5 Å². The average molecular weight is 522 g/mol. The molecule has 2 amide bonds. The number of rotatable bonds is 11. The number of halogens is 1. The summed E-state index contributed by atoms with van der Waals surface area (Å²) in [5, 5.41) is 2.90. The molecule has 11 heteroatoms. The molecule has 3 rings (SSSR count). The molecule has 0 aromatic heterocycles. The predicted octanol–water partition coefficient (Wildman–Crippen LogP) is 3.04. The fourth-order valence-electron chi connectivity index (χ4n) is 3.80. The van der Waals surface area contributed by atoms with Crippen LogP contribution in [0.25, 0.3) is 0 Å². The Labute approximate surface area is 211 Å². The molecule has 2 aromatic carbocycles. The summed E-state index contributed by atoms with van der Waals surface area (Å²) in [5.74, 6) is -0.491. The zero-order chi connectivity index (χ0) is 26.5. The Kier molecular flexibility index (Phi) is 8.78. The standard InChI is InChI=1S/C25H32FN3O6S/c1-5-17(3)27-25(31)21(6-2)28(14-18-7-9-19(26)10-8-18)24(30)15-29(36(4,32)33)20-11-12-22-23(13-20)35-16-34-22/h7-13,17,21H,5-6,14-16H2,1-4H3,(H,27,31)/t17-,21+/m0/s1. The first-order valence-corrected chi connectivity index (χ1v) is 13.6. The fraction of sp³-hybridized carbons (Fsp3) is 0.440. The molecule has 0 radical (unpaired) electrons. The van der Waals surface area contributed by atoms with E-state index in [2.05, 4.69) is 5.32 Å². The van der Waals surface area contributed by atoms with Gasteiger partial charge in [-0.05, 0) is 49.6 Å². The SMILES string of the molecule is CC[C@H](C(=O)N[C@@H](C)CC)N(Cc1ccc(F)cc1)C(=O)CN(c1ccc2c(c1)OCO2)S(C)(=O)=O. The highest BCUT2D eigenvalue weighted by Crippen LogP contribution is 2.36. The molecule has 9 nitrogen and oxygen atoms in total. The number of carbonyl (C=O) groups excluding carboxylic acids is 2. The number of anilines is 1. The van der Waals surface area contributed by atoms with Gasteiger partial charge >= 0.3 is 0 Å². The van der Waals surface area contributed by atoms with Crippen molar-refractivity contribution in [1.29, 1.82) is 0 Å². The predicted molar refractivity (Wildman–Crippen MR) is 134 cm³/mol. The molecule has 2 aromatic rings. The minimum Gasteiger partial charge on any atom is -0.454 e. The van der Waals surface area contributed by atoms with Gasteiger partial charge in [-0.1, -0.05) is 26.0 Å². The largest absolute Gasteiger partial charge is 0.454 e. The molecule has 0 saturated carbocycles. The van der Waals surface area contributed by atoms with Crippen molar-refractivity contribution in [1.82, 2.24) is 10.2 Å². The number of hydrogen-bond acceptors (Lipinski definition) is 6. The average Bonchev–Trinajstić information content (AvgIpc) is 3.30. The van der Waals surface area contributed by atoms with Gasteiger partial charge in [0.25, 0.3) is 0 Å². The van der Waals surface area contributed by atoms with E-state index in [1.165, 1.54) is 41.3 Å². The van der Waals surface area contributed by atoms with Crippen LogP contribution in [0, 0.1) is 5.82 Å². The number of nitrogens with one attached hydrogen (secondary N) is 1. The van der Waals surface area contributed by atoms with Crippen molar-refractivity contribution in [3.63, 3.8) is 0 Å². The first-order valence-electron chi connectivity index (χ1n) is 11.7. The fourth-order valence-corrected chi connectivity index (χ4v) is 4.64. The topological polar surface area (TPSA) is 105 Å². The van der Waals surface area contributed by atoms with Gasteiger partial charge in [0.05, 0.1) is 11.9 Å². The van der Waals surface area contributed by atoms with Crippen LogP contribution in [-0.2, 0) is 26.2 Å². The van der Waals surface area contributed by atoms with Gasteiger partial charge in [-0.2, -0.15) is 0 Å². The Balaban J connectivity index is 1.94. The number of nitrogens with zero attached hydrogens (tertiary/aromatic N) is 2. The first-order chi connectivity index (χ1) is 17.0. The van der Waals surface area contributed by atoms with E-state index in [0.29, 0.717) is 29.9 Å². The molecule has 1 aliphatic heterocycles. The molecular weight excluding hydrogens is 489 g/mol. The highest BCUT2D eigenvalue weighted by molar-refractivity contribution is 7.92. The Hall–Kier alpha value is -3.34. The number of hydrogen-bond donors (Lipinski definition) is 1. The van der Waals surface area contributed by atoms with Gasteiger partial charge in [0.1, 0.15) is 18.4 Å². The lowest BCUT2D eigenvalue weighted by molar-refractivity contribution is -0.140. The van der Waals surface area contributed by atoms with Crippen LogP contribution in [0.4, 0.5) is 10.1 Å². The second-order valence-corrected chi connectivity index (χ2v) is 10.6. The van der Waals surface area contributed by atoms with Crippen molar-refractivity contribution in [2.24, 2.45) is 0 Å². The highest BCUT2D eigenvalue weighted by Gasteiger charge is 2.32. The minimum absolute atomic E-state index is 0.00425. The van der Waals surface area contributed by atoms with E-state index in [1.807, 2.05) is 13.8 Å². The summed E-state index contributed by atoms with van der Waals surface area (Å²) in [4.78, 5) is 28.1. The van der Waals surface area contributed by atoms with Crippen molar-refractivity contribution in [3.05, 3.63) is 53.8 Å². The van der Waals surface area contributed by atoms with E-state index in [4.69, 9.17) is 9.47 Å². The van der Waals surface area contributed by atoms with E-state index in [-0.39, 0.29) is 31.0 Å². The normalized spacial score (nSPS) is 14.1. The molecule has 0 spiro atoms. The van der Waals surface area contributed by atoms with Crippen molar-refractivity contribution in [2.45, 2.75) is 52.2 Å². The van der Waals surface area contributed by atoms with Crippen LogP contribution in [0.3, 0.4) is 0 Å². The van der Waals surface area contributed by atoms with Crippen LogP contribution >= 0.6 is 0 Å². The molecule has 0 bridgehead atoms. The van der Waals surface area contributed by atoms with E-state index in [0.717, 1.165) is 10.6 Å². The summed E-state index contributed by atoms with van der Waals surface area (Å²) in [5.41, 5.74) is 0.836. The lowest BCUT2D eigenvalue weighted by atomic mass is 10.1. The summed E-state index contributed by atoms with van der Waals surface area (Å²) in [6.07, 6.45) is 2.01. The van der Waals surface area contributed by atoms with Gasteiger partial charge in [0.15, 0.2) is 11.5 Å². The van der Waals surface area contributed by atoms with Crippen molar-refractivity contribution >= 4 is 27.5 Å². The van der Waals surface area contributed by atoms with E-state index in [9.17, 15) is 22.4 Å². The first kappa shape index (κ1) is 27.3. The summed E-state index contributed by atoms with van der Waals surface area (Å²) < 4.78 is 50.5. The number of fused-ring (bicyclic) bond motifs is 1. The van der Waals surface area contributed by atoms with Gasteiger partial charge in [-0.3, -0.25) is 13.9 Å². The second kappa shape index (κ2) is 11.6. The Morgan fingerprint density at radius 1 is 1.06 bits per heavy atom. The van der Waals surface area contributed by atoms with Crippen molar-refractivity contribution in [3.8, 4) is 11.5 Å². The molecule has 2 atom stereocenters. The maximum Gasteiger partial charge on any atom is 0.244 e. The number of sulfonamides is 1. The number of ether oxygens (including phenoxy) is 2. The molecule has 1 aliphatic rings. The van der Waals surface area contributed by atoms with Gasteiger partial charge < -0.3 is 19.7 Å². The van der Waals surface area contributed by atoms with Crippen molar-refractivity contribution in [2.75, 3.05) is 23.9 Å². The third-order valence-electron chi connectivity index (χ3n) is 5.98. The van der Waals surface area contributed by atoms with Crippen LogP contribution in [0.5, 0.6) is 11.5 Å². The Morgan fingerprint density at radius 2 is 1.72 bits per heavy atom. The van der Waals surface area contributed by atoms with Crippen LogP contribution < -0.4 is 19.1 Å². The van der Waals surface area contributed by atoms with E-state index < -0.39 is 34.3 Å². The molecule has 196 valence electrons. The second-order valence-electron chi connectivity index (χ2n) is 8.70. The van der Waals surface area contributed by atoms with Gasteiger partial charge in [0.2, 0.25) is 28.6 Å². The van der Waals surface area contributed by atoms with Crippen LogP contribution in [0.1, 0.15) is 39.2 Å². The molecule has 1 heterocycles. The monoisotopic (exact) mass is 521 g/mol. The van der Waals surface area contributed by atoms with E-state index >= 15 is 0 Å². The third-order valence-corrected chi connectivity index (χ3v) is 7.12. The highest BCUT2D eigenvalue weighted by atomic mass is 32.2. The number of carbonyl (C=O) groups is 2. The lowest BCUT2D eigenvalue weighted by Gasteiger charge is -2.33. The zero-order valence-corrected chi connectivity index (χ0v) is 21.7. The maximum atomic E-state index is 13.6. The summed E-state index contributed by atoms with van der Waals surface area (Å²) in [7, 11) is -3.88. The summed E-state index contributed by atoms with van der Waals surface area (Å²) in [6.45, 7) is 5.06. The third kappa shape index (κ3) is 6.66. The quantitative estimate of drug-likeness (QED) is 0.487. The van der Waals surface area contributed by atoms with Crippen LogP contribution in [-0.4, -0.2) is 56.8 Å². The molecular formula is C25H32FN3O6S. The number of amides is 2. The molecule has 0 aliphatic carbocycles. The smallest absolute Gasteiger partial charge is 0.244 e.